The number of aromatic amines is 1. The maximum atomic E-state index is 11.4. The van der Waals surface area contributed by atoms with Gasteiger partial charge in [0, 0.05) is 17.0 Å². The fraction of sp³-hybridized carbons (Fsp3) is 0.375. The minimum Gasteiger partial charge on any atom is -0.494 e. The molecule has 0 spiro atoms. The Balaban J connectivity index is 1.12. The first-order chi connectivity index (χ1) is 14.2. The van der Waals surface area contributed by atoms with Gasteiger partial charge >= 0.3 is 0 Å². The number of nitrogens with one attached hydrogen (secondary N) is 2. The van der Waals surface area contributed by atoms with Gasteiger partial charge < -0.3 is 15.0 Å². The van der Waals surface area contributed by atoms with Gasteiger partial charge in [-0.25, -0.2) is 0 Å². The quantitative estimate of drug-likeness (QED) is 0.374. The number of hydrogen-bond acceptors (Lipinski definition) is 4. The van der Waals surface area contributed by atoms with Crippen LogP contribution in [-0.4, -0.2) is 30.9 Å². The lowest BCUT2D eigenvalue weighted by atomic mass is 10.1. The number of hydrogen-bond donors (Lipinski definition) is 2. The number of thioether (sulfide) groups is 1. The van der Waals surface area contributed by atoms with E-state index in [0.29, 0.717) is 6.61 Å². The lowest BCUT2D eigenvalue weighted by Crippen LogP contribution is -2.19. The van der Waals surface area contributed by atoms with Crippen molar-refractivity contribution in [3.05, 3.63) is 70.5 Å². The molecule has 2 unspecified atom stereocenters. The van der Waals surface area contributed by atoms with Crippen molar-refractivity contribution in [2.45, 2.75) is 30.1 Å². The van der Waals surface area contributed by atoms with E-state index in [1.54, 1.807) is 6.07 Å². The summed E-state index contributed by atoms with van der Waals surface area (Å²) in [5.74, 6) is 2.31. The van der Waals surface area contributed by atoms with E-state index in [4.69, 9.17) is 4.74 Å². The van der Waals surface area contributed by atoms with E-state index in [1.807, 2.05) is 36.0 Å². The smallest absolute Gasteiger partial charge is 0.248 e. The highest BCUT2D eigenvalue weighted by Crippen LogP contribution is 2.49. The molecule has 2 N–H and O–H groups in total. The molecule has 2 atom stereocenters. The predicted octanol–water partition coefficient (Wildman–Crippen LogP) is 4.80. The van der Waals surface area contributed by atoms with E-state index in [0.717, 1.165) is 54.4 Å². The van der Waals surface area contributed by atoms with Crippen LogP contribution in [0.15, 0.2) is 64.3 Å². The minimum atomic E-state index is -0.0874. The molecule has 0 radical (unpaired) electrons. The Morgan fingerprint density at radius 1 is 1.14 bits per heavy atom. The summed E-state index contributed by atoms with van der Waals surface area (Å²) >= 11 is 1.85. The van der Waals surface area contributed by atoms with Crippen LogP contribution in [0.5, 0.6) is 5.75 Å². The van der Waals surface area contributed by atoms with Crippen molar-refractivity contribution in [1.29, 1.82) is 0 Å². The summed E-state index contributed by atoms with van der Waals surface area (Å²) < 4.78 is 5.84. The van der Waals surface area contributed by atoms with Crippen molar-refractivity contribution in [3.63, 3.8) is 0 Å². The van der Waals surface area contributed by atoms with Crippen molar-refractivity contribution >= 4 is 22.7 Å². The molecule has 1 saturated carbocycles. The van der Waals surface area contributed by atoms with Crippen molar-refractivity contribution in [2.24, 2.45) is 5.92 Å². The average Bonchev–Trinajstić information content (AvgIpc) is 3.52. The van der Waals surface area contributed by atoms with Gasteiger partial charge in [0.1, 0.15) is 5.75 Å². The zero-order valence-corrected chi connectivity index (χ0v) is 17.6. The molecular formula is C24H28N2O2S. The minimum absolute atomic E-state index is 0.0874. The van der Waals surface area contributed by atoms with E-state index < -0.39 is 0 Å². The SMILES string of the molecule is CSc1ccccc1C1CC1CNCCCCOc1ccc2ccc(=O)[nH]c2c1. The third kappa shape index (κ3) is 5.22. The Morgan fingerprint density at radius 3 is 2.90 bits per heavy atom. The van der Waals surface area contributed by atoms with Crippen molar-refractivity contribution in [1.82, 2.24) is 10.3 Å². The predicted molar refractivity (Wildman–Crippen MR) is 121 cm³/mol. The van der Waals surface area contributed by atoms with Gasteiger partial charge in [0.2, 0.25) is 5.56 Å². The third-order valence-corrected chi connectivity index (χ3v) is 6.39. The third-order valence-electron chi connectivity index (χ3n) is 5.58. The highest BCUT2D eigenvalue weighted by atomic mass is 32.2. The highest BCUT2D eigenvalue weighted by molar-refractivity contribution is 7.98. The second-order valence-corrected chi connectivity index (χ2v) is 8.52. The number of benzene rings is 2. The summed E-state index contributed by atoms with van der Waals surface area (Å²) in [6.07, 6.45) is 5.58. The number of fused-ring (bicyclic) bond motifs is 1. The summed E-state index contributed by atoms with van der Waals surface area (Å²) in [5, 5.41) is 4.63. The normalized spacial score (nSPS) is 18.1. The molecule has 0 bridgehead atoms. The van der Waals surface area contributed by atoms with E-state index in [2.05, 4.69) is 40.8 Å². The van der Waals surface area contributed by atoms with Crippen molar-refractivity contribution in [3.8, 4) is 5.75 Å². The first-order valence-corrected chi connectivity index (χ1v) is 11.6. The molecule has 3 aromatic rings. The number of aromatic nitrogens is 1. The molecule has 5 heteroatoms. The number of rotatable bonds is 10. The summed E-state index contributed by atoms with van der Waals surface area (Å²) in [5.41, 5.74) is 2.26. The van der Waals surface area contributed by atoms with Gasteiger partial charge in [-0.05, 0) is 85.7 Å². The maximum Gasteiger partial charge on any atom is 0.248 e. The van der Waals surface area contributed by atoms with Crippen LogP contribution < -0.4 is 15.6 Å². The second kappa shape index (κ2) is 9.51. The lowest BCUT2D eigenvalue weighted by Gasteiger charge is -2.09. The first-order valence-electron chi connectivity index (χ1n) is 10.3. The van der Waals surface area contributed by atoms with E-state index in [1.165, 1.54) is 16.9 Å². The van der Waals surface area contributed by atoms with Crippen LogP contribution in [0.1, 0.15) is 30.7 Å². The molecule has 152 valence electrons. The average molecular weight is 409 g/mol. The topological polar surface area (TPSA) is 54.1 Å². The van der Waals surface area contributed by atoms with Crippen LogP contribution in [0.3, 0.4) is 0 Å². The first kappa shape index (κ1) is 20.0. The molecule has 1 aromatic heterocycles. The number of H-pyrrole nitrogens is 1. The van der Waals surface area contributed by atoms with Gasteiger partial charge in [-0.15, -0.1) is 11.8 Å². The Hall–Kier alpha value is -2.24. The van der Waals surface area contributed by atoms with Gasteiger partial charge in [0.05, 0.1) is 12.1 Å². The standard InChI is InChI=1S/C24H28N2O2S/c1-29-23-7-3-2-6-20(23)21-14-18(21)16-25-12-4-5-13-28-19-10-8-17-9-11-24(27)26-22(17)15-19/h2-3,6-11,15,18,21,25H,4-5,12-14,16H2,1H3,(H,26,27). The van der Waals surface area contributed by atoms with Crippen LogP contribution in [0.25, 0.3) is 10.9 Å². The largest absolute Gasteiger partial charge is 0.494 e. The fourth-order valence-electron chi connectivity index (χ4n) is 3.88. The molecule has 0 amide bonds. The van der Waals surface area contributed by atoms with E-state index in [9.17, 15) is 4.79 Å². The summed E-state index contributed by atoms with van der Waals surface area (Å²) in [6, 6.07) is 18.0. The molecule has 4 nitrogen and oxygen atoms in total. The Kier molecular flexibility index (Phi) is 6.57. The Morgan fingerprint density at radius 2 is 2.00 bits per heavy atom. The van der Waals surface area contributed by atoms with Crippen LogP contribution in [-0.2, 0) is 0 Å². The van der Waals surface area contributed by atoms with Crippen molar-refractivity contribution in [2.75, 3.05) is 26.0 Å². The number of ether oxygens (including phenoxy) is 1. The zero-order valence-electron chi connectivity index (χ0n) is 16.8. The molecular weight excluding hydrogens is 380 g/mol. The molecule has 4 rings (SSSR count). The number of unbranched alkanes of at least 4 members (excludes halogenated alkanes) is 1. The molecule has 1 heterocycles. The van der Waals surface area contributed by atoms with Gasteiger partial charge in [0.25, 0.3) is 0 Å². The Bertz CT molecular complexity index is 1020. The summed E-state index contributed by atoms with van der Waals surface area (Å²) in [7, 11) is 0. The molecule has 29 heavy (non-hydrogen) atoms. The monoisotopic (exact) mass is 408 g/mol. The van der Waals surface area contributed by atoms with Crippen LogP contribution in [0.2, 0.25) is 0 Å². The van der Waals surface area contributed by atoms with E-state index >= 15 is 0 Å². The summed E-state index contributed by atoms with van der Waals surface area (Å²) in [6.45, 7) is 2.82. The number of pyridine rings is 1. The van der Waals surface area contributed by atoms with Crippen LogP contribution in [0, 0.1) is 5.92 Å². The molecule has 1 aliphatic rings. The van der Waals surface area contributed by atoms with Crippen LogP contribution in [0.4, 0.5) is 0 Å². The second-order valence-electron chi connectivity index (χ2n) is 7.68. The summed E-state index contributed by atoms with van der Waals surface area (Å²) in [4.78, 5) is 15.7. The molecule has 1 aliphatic carbocycles. The highest BCUT2D eigenvalue weighted by Gasteiger charge is 2.38. The molecule has 1 fully saturated rings. The van der Waals surface area contributed by atoms with Gasteiger partial charge in [-0.3, -0.25) is 4.79 Å². The van der Waals surface area contributed by atoms with E-state index in [-0.39, 0.29) is 5.56 Å². The van der Waals surface area contributed by atoms with Gasteiger partial charge in [-0.2, -0.15) is 0 Å². The fourth-order valence-corrected chi connectivity index (χ4v) is 4.54. The molecule has 0 saturated heterocycles. The van der Waals surface area contributed by atoms with Gasteiger partial charge in [0.15, 0.2) is 0 Å². The van der Waals surface area contributed by atoms with Crippen molar-refractivity contribution < 1.29 is 4.74 Å². The van der Waals surface area contributed by atoms with Gasteiger partial charge in [-0.1, -0.05) is 18.2 Å². The maximum absolute atomic E-state index is 11.4. The zero-order chi connectivity index (χ0) is 20.1. The van der Waals surface area contributed by atoms with Crippen LogP contribution >= 0.6 is 11.8 Å². The Labute approximate surface area is 176 Å². The lowest BCUT2D eigenvalue weighted by molar-refractivity contribution is 0.306. The molecule has 2 aromatic carbocycles. The molecule has 0 aliphatic heterocycles.